The van der Waals surface area contributed by atoms with Gasteiger partial charge in [0, 0.05) is 11.8 Å². The van der Waals surface area contributed by atoms with Crippen molar-refractivity contribution < 1.29 is 32.3 Å². The standard InChI is InChI=1S/C19H15F4NO3/c1-18(2)9-14(25)24(13-6-4-3-5-11(13)19(21,22)23)16-12(18)8-7-10(15(16)20)17(26)27/h3-8H,9H2,1-2H3,(H,26,27). The molecule has 0 atom stereocenters. The Bertz CT molecular complexity index is 950. The molecule has 0 aliphatic carbocycles. The van der Waals surface area contributed by atoms with Gasteiger partial charge in [0.15, 0.2) is 5.82 Å². The van der Waals surface area contributed by atoms with Crippen LogP contribution < -0.4 is 4.90 Å². The molecular formula is C19H15F4NO3. The fourth-order valence-corrected chi connectivity index (χ4v) is 3.33. The molecular weight excluding hydrogens is 366 g/mol. The number of alkyl halides is 3. The lowest BCUT2D eigenvalue weighted by Crippen LogP contribution is -2.41. The molecule has 0 aromatic heterocycles. The summed E-state index contributed by atoms with van der Waals surface area (Å²) in [4.78, 5) is 24.7. The first kappa shape index (κ1) is 18.9. The van der Waals surface area contributed by atoms with Crippen molar-refractivity contribution in [1.82, 2.24) is 0 Å². The lowest BCUT2D eigenvalue weighted by Gasteiger charge is -2.39. The Labute approximate surface area is 152 Å². The SMILES string of the molecule is CC1(C)CC(=O)N(c2ccccc2C(F)(F)F)c2c1ccc(C(=O)O)c2F. The molecule has 0 fully saturated rings. The number of carbonyl (C=O) groups is 2. The summed E-state index contributed by atoms with van der Waals surface area (Å²) in [7, 11) is 0. The van der Waals surface area contributed by atoms with Gasteiger partial charge in [-0.2, -0.15) is 13.2 Å². The predicted molar refractivity (Wildman–Crippen MR) is 89.6 cm³/mol. The number of carboxylic acids is 1. The topological polar surface area (TPSA) is 57.6 Å². The zero-order valence-electron chi connectivity index (χ0n) is 14.4. The largest absolute Gasteiger partial charge is 0.478 e. The summed E-state index contributed by atoms with van der Waals surface area (Å²) in [5.41, 5.74) is -3.41. The highest BCUT2D eigenvalue weighted by Gasteiger charge is 2.43. The summed E-state index contributed by atoms with van der Waals surface area (Å²) in [6, 6.07) is 6.72. The zero-order valence-corrected chi connectivity index (χ0v) is 14.4. The van der Waals surface area contributed by atoms with Gasteiger partial charge in [0.25, 0.3) is 0 Å². The van der Waals surface area contributed by atoms with Crippen molar-refractivity contribution in [1.29, 1.82) is 0 Å². The first-order valence-electron chi connectivity index (χ1n) is 8.00. The van der Waals surface area contributed by atoms with Crippen molar-refractivity contribution in [3.8, 4) is 0 Å². The molecule has 1 aliphatic heterocycles. The van der Waals surface area contributed by atoms with Crippen LogP contribution in [0.5, 0.6) is 0 Å². The highest BCUT2D eigenvalue weighted by atomic mass is 19.4. The molecule has 0 saturated heterocycles. The van der Waals surface area contributed by atoms with Crippen LogP contribution in [0.1, 0.15) is 41.8 Å². The van der Waals surface area contributed by atoms with Gasteiger partial charge in [-0.15, -0.1) is 0 Å². The maximum Gasteiger partial charge on any atom is 0.418 e. The second kappa shape index (κ2) is 6.07. The molecule has 0 spiro atoms. The molecule has 27 heavy (non-hydrogen) atoms. The minimum Gasteiger partial charge on any atom is -0.478 e. The maximum absolute atomic E-state index is 15.0. The summed E-state index contributed by atoms with van der Waals surface area (Å²) >= 11 is 0. The fraction of sp³-hybridized carbons (Fsp3) is 0.263. The van der Waals surface area contributed by atoms with E-state index >= 15 is 4.39 Å². The van der Waals surface area contributed by atoms with Gasteiger partial charge >= 0.3 is 12.1 Å². The van der Waals surface area contributed by atoms with Crippen molar-refractivity contribution in [3.05, 3.63) is 58.9 Å². The minimum absolute atomic E-state index is 0.155. The number of halogens is 4. The Morgan fingerprint density at radius 2 is 1.78 bits per heavy atom. The predicted octanol–water partition coefficient (Wildman–Crippen LogP) is 4.89. The van der Waals surface area contributed by atoms with Crippen LogP contribution in [-0.2, 0) is 16.4 Å². The average Bonchev–Trinajstić information content (AvgIpc) is 2.54. The van der Waals surface area contributed by atoms with E-state index in [1.165, 1.54) is 12.1 Å². The van der Waals surface area contributed by atoms with Gasteiger partial charge in [0.05, 0.1) is 22.5 Å². The van der Waals surface area contributed by atoms with E-state index in [2.05, 4.69) is 0 Å². The molecule has 142 valence electrons. The van der Waals surface area contributed by atoms with Crippen LogP contribution in [0.3, 0.4) is 0 Å². The number of benzene rings is 2. The van der Waals surface area contributed by atoms with Crippen molar-refractivity contribution in [2.75, 3.05) is 4.90 Å². The van der Waals surface area contributed by atoms with Crippen LogP contribution in [0.25, 0.3) is 0 Å². The summed E-state index contributed by atoms with van der Waals surface area (Å²) in [6.45, 7) is 3.30. The van der Waals surface area contributed by atoms with Crippen molar-refractivity contribution >= 4 is 23.3 Å². The Kier molecular flexibility index (Phi) is 4.25. The Balaban J connectivity index is 2.37. The highest BCUT2D eigenvalue weighted by molar-refractivity contribution is 6.06. The maximum atomic E-state index is 15.0. The molecule has 8 heteroatoms. The van der Waals surface area contributed by atoms with E-state index in [9.17, 15) is 27.9 Å². The number of anilines is 2. The summed E-state index contributed by atoms with van der Waals surface area (Å²) < 4.78 is 55.4. The highest BCUT2D eigenvalue weighted by Crippen LogP contribution is 2.48. The van der Waals surface area contributed by atoms with Crippen LogP contribution >= 0.6 is 0 Å². The van der Waals surface area contributed by atoms with Crippen molar-refractivity contribution in [2.24, 2.45) is 0 Å². The van der Waals surface area contributed by atoms with Gasteiger partial charge in [-0.3, -0.25) is 9.69 Å². The van der Waals surface area contributed by atoms with E-state index in [0.717, 1.165) is 24.3 Å². The molecule has 1 amide bonds. The number of carbonyl (C=O) groups excluding carboxylic acids is 1. The second-order valence-electron chi connectivity index (χ2n) is 6.93. The minimum atomic E-state index is -4.77. The molecule has 0 radical (unpaired) electrons. The first-order chi connectivity index (χ1) is 12.4. The number of carboxylic acid groups (broad SMARTS) is 1. The molecule has 2 aromatic carbocycles. The number of hydrogen-bond donors (Lipinski definition) is 1. The van der Waals surface area contributed by atoms with E-state index in [0.29, 0.717) is 4.90 Å². The Morgan fingerprint density at radius 3 is 2.37 bits per heavy atom. The number of amides is 1. The number of aromatic carboxylic acids is 1. The number of hydrogen-bond acceptors (Lipinski definition) is 2. The number of nitrogens with zero attached hydrogens (tertiary/aromatic N) is 1. The van der Waals surface area contributed by atoms with E-state index < -0.39 is 51.8 Å². The first-order valence-corrected chi connectivity index (χ1v) is 8.00. The van der Waals surface area contributed by atoms with Gasteiger partial charge in [0.1, 0.15) is 0 Å². The zero-order chi connectivity index (χ0) is 20.1. The number of para-hydroxylation sites is 1. The molecule has 0 unspecified atom stereocenters. The van der Waals surface area contributed by atoms with Gasteiger partial charge in [-0.25, -0.2) is 9.18 Å². The summed E-state index contributed by atoms with van der Waals surface area (Å²) in [6.07, 6.45) is -4.93. The summed E-state index contributed by atoms with van der Waals surface area (Å²) in [5, 5.41) is 9.18. The van der Waals surface area contributed by atoms with E-state index in [-0.39, 0.29) is 12.0 Å². The molecule has 2 aromatic rings. The molecule has 1 aliphatic rings. The van der Waals surface area contributed by atoms with Crippen molar-refractivity contribution in [3.63, 3.8) is 0 Å². The van der Waals surface area contributed by atoms with E-state index in [1.807, 2.05) is 0 Å². The lowest BCUT2D eigenvalue weighted by atomic mass is 9.76. The third-order valence-corrected chi connectivity index (χ3v) is 4.59. The smallest absolute Gasteiger partial charge is 0.418 e. The van der Waals surface area contributed by atoms with Gasteiger partial charge in [0.2, 0.25) is 5.91 Å². The van der Waals surface area contributed by atoms with Crippen LogP contribution in [0.4, 0.5) is 28.9 Å². The van der Waals surface area contributed by atoms with Crippen LogP contribution in [0.2, 0.25) is 0 Å². The Morgan fingerprint density at radius 1 is 1.15 bits per heavy atom. The van der Waals surface area contributed by atoms with Crippen LogP contribution in [-0.4, -0.2) is 17.0 Å². The third kappa shape index (κ3) is 3.05. The average molecular weight is 381 g/mol. The molecule has 1 N–H and O–H groups in total. The molecule has 0 saturated carbocycles. The molecule has 4 nitrogen and oxygen atoms in total. The Hall–Kier alpha value is -2.90. The lowest BCUT2D eigenvalue weighted by molar-refractivity contribution is -0.137. The fourth-order valence-electron chi connectivity index (χ4n) is 3.33. The molecule has 1 heterocycles. The number of rotatable bonds is 2. The summed E-state index contributed by atoms with van der Waals surface area (Å²) in [5.74, 6) is -3.56. The number of fused-ring (bicyclic) bond motifs is 1. The monoisotopic (exact) mass is 381 g/mol. The van der Waals surface area contributed by atoms with Gasteiger partial charge in [-0.05, 0) is 23.8 Å². The van der Waals surface area contributed by atoms with Crippen LogP contribution in [0, 0.1) is 5.82 Å². The molecule has 3 rings (SSSR count). The van der Waals surface area contributed by atoms with Crippen LogP contribution in [0.15, 0.2) is 36.4 Å². The second-order valence-corrected chi connectivity index (χ2v) is 6.93. The van der Waals surface area contributed by atoms with E-state index in [1.54, 1.807) is 13.8 Å². The van der Waals surface area contributed by atoms with Gasteiger partial charge < -0.3 is 5.11 Å². The molecule has 0 bridgehead atoms. The normalized spacial score (nSPS) is 16.2. The van der Waals surface area contributed by atoms with E-state index in [4.69, 9.17) is 0 Å². The quantitative estimate of drug-likeness (QED) is 0.754. The third-order valence-electron chi connectivity index (χ3n) is 4.59. The van der Waals surface area contributed by atoms with Crippen molar-refractivity contribution in [2.45, 2.75) is 31.9 Å². The van der Waals surface area contributed by atoms with Gasteiger partial charge in [-0.1, -0.05) is 32.0 Å².